The predicted molar refractivity (Wildman–Crippen MR) is 76.3 cm³/mol. The minimum absolute atomic E-state index is 0.106. The van der Waals surface area contributed by atoms with Crippen LogP contribution in [0.15, 0.2) is 41.0 Å². The lowest BCUT2D eigenvalue weighted by Crippen LogP contribution is -2.13. The molecule has 0 aliphatic carbocycles. The van der Waals surface area contributed by atoms with Crippen molar-refractivity contribution in [2.75, 3.05) is 5.32 Å². The summed E-state index contributed by atoms with van der Waals surface area (Å²) < 4.78 is 37.8. The summed E-state index contributed by atoms with van der Waals surface area (Å²) in [5, 5.41) is 2.75. The first-order valence-corrected chi connectivity index (χ1v) is 6.74. The number of aromatic nitrogens is 1. The predicted octanol–water partition coefficient (Wildman–Crippen LogP) is 4.77. The minimum Gasteiger partial charge on any atom is -0.321 e. The number of carbonyl (C=O) groups excluding carboxylic acids is 1. The Morgan fingerprint density at radius 1 is 1.24 bits per heavy atom. The number of rotatable bonds is 2. The van der Waals surface area contributed by atoms with Crippen molar-refractivity contribution in [3.8, 4) is 0 Å². The van der Waals surface area contributed by atoms with E-state index in [0.29, 0.717) is 10.2 Å². The molecule has 1 heterocycles. The van der Waals surface area contributed by atoms with Crippen LogP contribution in [-0.2, 0) is 6.18 Å². The van der Waals surface area contributed by atoms with Gasteiger partial charge in [0.05, 0.1) is 21.9 Å². The van der Waals surface area contributed by atoms with Gasteiger partial charge < -0.3 is 5.32 Å². The number of halogens is 5. The SMILES string of the molecule is O=C(Nc1cnc(Cl)c(Br)c1)c1ccc(C(F)(F)F)cc1. The molecular formula is C13H7BrClF3N2O. The first kappa shape index (κ1) is 15.8. The van der Waals surface area contributed by atoms with Crippen molar-refractivity contribution in [2.45, 2.75) is 6.18 Å². The number of alkyl halides is 3. The van der Waals surface area contributed by atoms with Gasteiger partial charge in [0, 0.05) is 5.56 Å². The number of hydrogen-bond acceptors (Lipinski definition) is 2. The van der Waals surface area contributed by atoms with E-state index in [1.165, 1.54) is 12.3 Å². The Labute approximate surface area is 131 Å². The first-order valence-electron chi connectivity index (χ1n) is 5.57. The molecule has 0 aliphatic rings. The lowest BCUT2D eigenvalue weighted by atomic mass is 10.1. The smallest absolute Gasteiger partial charge is 0.321 e. The van der Waals surface area contributed by atoms with Crippen LogP contribution in [0.4, 0.5) is 18.9 Å². The van der Waals surface area contributed by atoms with Gasteiger partial charge in [-0.2, -0.15) is 13.2 Å². The van der Waals surface area contributed by atoms with Crippen molar-refractivity contribution in [2.24, 2.45) is 0 Å². The summed E-state index contributed by atoms with van der Waals surface area (Å²) in [4.78, 5) is 15.7. The van der Waals surface area contributed by atoms with E-state index in [9.17, 15) is 18.0 Å². The molecule has 0 radical (unpaired) electrons. The Morgan fingerprint density at radius 3 is 2.38 bits per heavy atom. The zero-order valence-corrected chi connectivity index (χ0v) is 12.6. The fourth-order valence-corrected chi connectivity index (χ4v) is 1.96. The molecule has 0 saturated heterocycles. The van der Waals surface area contributed by atoms with E-state index >= 15 is 0 Å². The zero-order valence-electron chi connectivity index (χ0n) is 10.2. The Bertz CT molecular complexity index is 674. The Kier molecular flexibility index (Phi) is 4.53. The van der Waals surface area contributed by atoms with Crippen molar-refractivity contribution in [3.05, 3.63) is 57.3 Å². The summed E-state index contributed by atoms with van der Waals surface area (Å²) in [6.45, 7) is 0. The largest absolute Gasteiger partial charge is 0.416 e. The number of amides is 1. The number of nitrogens with one attached hydrogen (secondary N) is 1. The highest BCUT2D eigenvalue weighted by Crippen LogP contribution is 2.29. The normalized spacial score (nSPS) is 11.3. The van der Waals surface area contributed by atoms with Gasteiger partial charge in [0.2, 0.25) is 0 Å². The first-order chi connectivity index (χ1) is 9.77. The lowest BCUT2D eigenvalue weighted by Gasteiger charge is -2.08. The Hall–Kier alpha value is -1.60. The van der Waals surface area contributed by atoms with Crippen LogP contribution in [-0.4, -0.2) is 10.9 Å². The van der Waals surface area contributed by atoms with E-state index in [0.717, 1.165) is 24.3 Å². The number of hydrogen-bond donors (Lipinski definition) is 1. The maximum atomic E-state index is 12.4. The molecular weight excluding hydrogens is 373 g/mol. The summed E-state index contributed by atoms with van der Waals surface area (Å²) in [5.74, 6) is -0.542. The second-order valence-corrected chi connectivity index (χ2v) is 5.24. The van der Waals surface area contributed by atoms with E-state index in [4.69, 9.17) is 11.6 Å². The molecule has 2 aromatic rings. The van der Waals surface area contributed by atoms with Gasteiger partial charge in [-0.15, -0.1) is 0 Å². The topological polar surface area (TPSA) is 42.0 Å². The van der Waals surface area contributed by atoms with Gasteiger partial charge in [0.1, 0.15) is 5.15 Å². The van der Waals surface area contributed by atoms with Gasteiger partial charge in [-0.25, -0.2) is 4.98 Å². The van der Waals surface area contributed by atoms with Crippen LogP contribution in [0.2, 0.25) is 5.15 Å². The summed E-state index contributed by atoms with van der Waals surface area (Å²) in [7, 11) is 0. The molecule has 1 aromatic carbocycles. The van der Waals surface area contributed by atoms with Crippen LogP contribution in [0.5, 0.6) is 0 Å². The fourth-order valence-electron chi connectivity index (χ4n) is 1.50. The third-order valence-electron chi connectivity index (χ3n) is 2.53. The molecule has 0 fully saturated rings. The average Bonchev–Trinajstić information content (AvgIpc) is 2.42. The van der Waals surface area contributed by atoms with Crippen molar-refractivity contribution in [1.82, 2.24) is 4.98 Å². The van der Waals surface area contributed by atoms with Gasteiger partial charge in [0.15, 0.2) is 0 Å². The van der Waals surface area contributed by atoms with E-state index < -0.39 is 17.6 Å². The summed E-state index contributed by atoms with van der Waals surface area (Å²) in [5.41, 5.74) is -0.333. The molecule has 0 aliphatic heterocycles. The van der Waals surface area contributed by atoms with E-state index in [1.54, 1.807) is 0 Å². The summed E-state index contributed by atoms with van der Waals surface area (Å²) >= 11 is 8.87. The van der Waals surface area contributed by atoms with Crippen molar-refractivity contribution in [3.63, 3.8) is 0 Å². The molecule has 0 saturated carbocycles. The highest BCUT2D eigenvalue weighted by molar-refractivity contribution is 9.10. The second kappa shape index (κ2) is 6.03. The molecule has 110 valence electrons. The fraction of sp³-hybridized carbons (Fsp3) is 0.0769. The minimum atomic E-state index is -4.43. The van der Waals surface area contributed by atoms with Gasteiger partial charge in [0.25, 0.3) is 5.91 Å². The van der Waals surface area contributed by atoms with E-state index in [-0.39, 0.29) is 10.7 Å². The van der Waals surface area contributed by atoms with Gasteiger partial charge in [-0.05, 0) is 46.3 Å². The average molecular weight is 380 g/mol. The number of anilines is 1. The van der Waals surface area contributed by atoms with Crippen LogP contribution < -0.4 is 5.32 Å². The number of benzene rings is 1. The zero-order chi connectivity index (χ0) is 15.6. The van der Waals surface area contributed by atoms with Crippen molar-refractivity contribution < 1.29 is 18.0 Å². The Balaban J connectivity index is 2.15. The molecule has 1 aromatic heterocycles. The molecule has 3 nitrogen and oxygen atoms in total. The number of nitrogens with zero attached hydrogens (tertiary/aromatic N) is 1. The maximum Gasteiger partial charge on any atom is 0.416 e. The second-order valence-electron chi connectivity index (χ2n) is 4.03. The maximum absolute atomic E-state index is 12.4. The van der Waals surface area contributed by atoms with Crippen LogP contribution >= 0.6 is 27.5 Å². The molecule has 2 rings (SSSR count). The highest BCUT2D eigenvalue weighted by atomic mass is 79.9. The standard InChI is InChI=1S/C13H7BrClF3N2O/c14-10-5-9(6-19-11(10)15)20-12(21)7-1-3-8(4-2-7)13(16,17)18/h1-6H,(H,20,21). The van der Waals surface area contributed by atoms with Gasteiger partial charge in [-0.3, -0.25) is 4.79 Å². The molecule has 0 bridgehead atoms. The lowest BCUT2D eigenvalue weighted by molar-refractivity contribution is -0.137. The quantitative estimate of drug-likeness (QED) is 0.764. The van der Waals surface area contributed by atoms with Crippen LogP contribution in [0.1, 0.15) is 15.9 Å². The van der Waals surface area contributed by atoms with Crippen LogP contribution in [0.3, 0.4) is 0 Å². The van der Waals surface area contributed by atoms with Crippen LogP contribution in [0.25, 0.3) is 0 Å². The molecule has 1 amide bonds. The number of carbonyl (C=O) groups is 1. The third-order valence-corrected chi connectivity index (χ3v) is 3.66. The van der Waals surface area contributed by atoms with Gasteiger partial charge in [-0.1, -0.05) is 11.6 Å². The van der Waals surface area contributed by atoms with E-state index in [1.807, 2.05) is 0 Å². The van der Waals surface area contributed by atoms with Crippen molar-refractivity contribution >= 4 is 39.1 Å². The van der Waals surface area contributed by atoms with Gasteiger partial charge >= 0.3 is 6.18 Å². The number of pyridine rings is 1. The molecule has 0 unspecified atom stereocenters. The summed E-state index contributed by atoms with van der Waals surface area (Å²) in [6, 6.07) is 5.46. The molecule has 8 heteroatoms. The van der Waals surface area contributed by atoms with Crippen LogP contribution in [0, 0.1) is 0 Å². The Morgan fingerprint density at radius 2 is 1.86 bits per heavy atom. The third kappa shape index (κ3) is 3.95. The monoisotopic (exact) mass is 378 g/mol. The highest BCUT2D eigenvalue weighted by Gasteiger charge is 2.30. The van der Waals surface area contributed by atoms with E-state index in [2.05, 4.69) is 26.2 Å². The molecule has 0 spiro atoms. The molecule has 0 atom stereocenters. The molecule has 21 heavy (non-hydrogen) atoms. The van der Waals surface area contributed by atoms with Crippen molar-refractivity contribution in [1.29, 1.82) is 0 Å². The molecule has 1 N–H and O–H groups in total. The summed E-state index contributed by atoms with van der Waals surface area (Å²) in [6.07, 6.45) is -3.09.